The Hall–Kier alpha value is -2.95. The van der Waals surface area contributed by atoms with Crippen molar-refractivity contribution in [3.8, 4) is 17.2 Å². The summed E-state index contributed by atoms with van der Waals surface area (Å²) in [6.07, 6.45) is 0.343. The molecule has 0 bridgehead atoms. The summed E-state index contributed by atoms with van der Waals surface area (Å²) >= 11 is 0. The molecular formula is C20H18O5. The Balaban J connectivity index is 1.75. The number of hydrogen-bond acceptors (Lipinski definition) is 5. The molecule has 4 rings (SSSR count). The minimum absolute atomic E-state index is 0.206. The summed E-state index contributed by atoms with van der Waals surface area (Å²) < 4.78 is 21.6. The van der Waals surface area contributed by atoms with Crippen LogP contribution in [0.15, 0.2) is 48.0 Å². The molecule has 0 aromatic heterocycles. The average Bonchev–Trinajstić information content (AvgIpc) is 3.24. The maximum absolute atomic E-state index is 12.6. The van der Waals surface area contributed by atoms with E-state index >= 15 is 0 Å². The molecule has 2 aliphatic heterocycles. The van der Waals surface area contributed by atoms with Crippen LogP contribution in [0.25, 0.3) is 5.57 Å². The molecule has 0 saturated heterocycles. The summed E-state index contributed by atoms with van der Waals surface area (Å²) in [4.78, 5) is 12.6. The van der Waals surface area contributed by atoms with E-state index in [1.807, 2.05) is 49.4 Å². The third kappa shape index (κ3) is 2.61. The maximum atomic E-state index is 12.6. The molecule has 1 unspecified atom stereocenters. The van der Waals surface area contributed by atoms with Gasteiger partial charge in [0.2, 0.25) is 6.79 Å². The van der Waals surface area contributed by atoms with Crippen LogP contribution in [0, 0.1) is 0 Å². The molecule has 1 atom stereocenters. The Kier molecular flexibility index (Phi) is 3.84. The first-order chi connectivity index (χ1) is 12.2. The van der Waals surface area contributed by atoms with Gasteiger partial charge in [-0.1, -0.05) is 25.1 Å². The number of cyclic esters (lactones) is 1. The van der Waals surface area contributed by atoms with Crippen LogP contribution in [-0.2, 0) is 9.53 Å². The lowest BCUT2D eigenvalue weighted by Crippen LogP contribution is -2.03. The van der Waals surface area contributed by atoms with E-state index in [9.17, 15) is 4.79 Å². The third-order valence-corrected chi connectivity index (χ3v) is 4.53. The second-order valence-corrected chi connectivity index (χ2v) is 5.88. The first kappa shape index (κ1) is 15.6. The first-order valence-corrected chi connectivity index (χ1v) is 8.19. The van der Waals surface area contributed by atoms with Crippen molar-refractivity contribution in [2.75, 3.05) is 13.9 Å². The topological polar surface area (TPSA) is 54.0 Å². The lowest BCUT2D eigenvalue weighted by atomic mass is 9.93. The van der Waals surface area contributed by atoms with Gasteiger partial charge < -0.3 is 18.9 Å². The minimum atomic E-state index is -0.371. The standard InChI is InChI=1S/C20H18O5/c1-3-15-18(13-6-9-16-17(10-13)24-11-23-16)20(21)25-19(15)12-4-7-14(22-2)8-5-12/h4-10,19H,3,11H2,1-2H3. The third-order valence-electron chi connectivity index (χ3n) is 4.53. The second kappa shape index (κ2) is 6.16. The zero-order valence-corrected chi connectivity index (χ0v) is 14.1. The Labute approximate surface area is 145 Å². The molecule has 0 N–H and O–H groups in total. The van der Waals surface area contributed by atoms with E-state index in [4.69, 9.17) is 18.9 Å². The van der Waals surface area contributed by atoms with Crippen LogP contribution in [0.3, 0.4) is 0 Å². The summed E-state index contributed by atoms with van der Waals surface area (Å²) in [7, 11) is 1.62. The Morgan fingerprint density at radius 3 is 2.56 bits per heavy atom. The van der Waals surface area contributed by atoms with E-state index in [1.165, 1.54) is 0 Å². The lowest BCUT2D eigenvalue weighted by molar-refractivity contribution is -0.138. The van der Waals surface area contributed by atoms with Crippen LogP contribution >= 0.6 is 0 Å². The van der Waals surface area contributed by atoms with E-state index in [2.05, 4.69) is 0 Å². The predicted octanol–water partition coefficient (Wildman–Crippen LogP) is 3.89. The molecule has 0 spiro atoms. The molecule has 0 radical (unpaired) electrons. The lowest BCUT2D eigenvalue weighted by Gasteiger charge is -2.14. The molecular weight excluding hydrogens is 320 g/mol. The highest BCUT2D eigenvalue weighted by molar-refractivity contribution is 6.19. The van der Waals surface area contributed by atoms with E-state index in [0.717, 1.165) is 22.4 Å². The predicted molar refractivity (Wildman–Crippen MR) is 91.6 cm³/mol. The average molecular weight is 338 g/mol. The van der Waals surface area contributed by atoms with Gasteiger partial charge in [-0.25, -0.2) is 4.79 Å². The van der Waals surface area contributed by atoms with Crippen LogP contribution < -0.4 is 14.2 Å². The monoisotopic (exact) mass is 338 g/mol. The smallest absolute Gasteiger partial charge is 0.339 e. The number of esters is 1. The number of benzene rings is 2. The highest BCUT2D eigenvalue weighted by Gasteiger charge is 2.35. The number of methoxy groups -OCH3 is 1. The molecule has 0 amide bonds. The van der Waals surface area contributed by atoms with E-state index in [1.54, 1.807) is 7.11 Å². The van der Waals surface area contributed by atoms with Crippen LogP contribution in [0.1, 0.15) is 30.6 Å². The number of hydrogen-bond donors (Lipinski definition) is 0. The fourth-order valence-corrected chi connectivity index (χ4v) is 3.26. The van der Waals surface area contributed by atoms with Crippen molar-refractivity contribution in [3.63, 3.8) is 0 Å². The number of carbonyl (C=O) groups excluding carboxylic acids is 1. The molecule has 5 heteroatoms. The Morgan fingerprint density at radius 1 is 1.08 bits per heavy atom. The van der Waals surface area contributed by atoms with E-state index in [0.29, 0.717) is 23.5 Å². The zero-order chi connectivity index (χ0) is 17.4. The molecule has 0 fully saturated rings. The van der Waals surface area contributed by atoms with E-state index in [-0.39, 0.29) is 18.9 Å². The van der Waals surface area contributed by atoms with Gasteiger partial charge in [-0.15, -0.1) is 0 Å². The quantitative estimate of drug-likeness (QED) is 0.792. The van der Waals surface area contributed by atoms with Crippen molar-refractivity contribution in [3.05, 3.63) is 59.2 Å². The van der Waals surface area contributed by atoms with Crippen LogP contribution in [0.5, 0.6) is 17.2 Å². The van der Waals surface area contributed by atoms with Gasteiger partial charge in [-0.05, 0) is 47.4 Å². The number of rotatable bonds is 4. The fourth-order valence-electron chi connectivity index (χ4n) is 3.26. The molecule has 2 aliphatic rings. The van der Waals surface area contributed by atoms with Gasteiger partial charge >= 0.3 is 5.97 Å². The molecule has 128 valence electrons. The highest BCUT2D eigenvalue weighted by atomic mass is 16.7. The fraction of sp³-hybridized carbons (Fsp3) is 0.250. The van der Waals surface area contributed by atoms with Crippen molar-refractivity contribution in [2.24, 2.45) is 0 Å². The van der Waals surface area contributed by atoms with Gasteiger partial charge in [0.1, 0.15) is 11.9 Å². The van der Waals surface area contributed by atoms with Gasteiger partial charge in [0.15, 0.2) is 11.5 Å². The summed E-state index contributed by atoms with van der Waals surface area (Å²) in [6, 6.07) is 13.1. The Morgan fingerprint density at radius 2 is 1.84 bits per heavy atom. The Bertz CT molecular complexity index is 851. The molecule has 5 nitrogen and oxygen atoms in total. The van der Waals surface area contributed by atoms with Crippen LogP contribution in [-0.4, -0.2) is 19.9 Å². The summed E-state index contributed by atoms with van der Waals surface area (Å²) in [6.45, 7) is 2.23. The summed E-state index contributed by atoms with van der Waals surface area (Å²) in [5.74, 6) is 1.81. The number of fused-ring (bicyclic) bond motifs is 1. The largest absolute Gasteiger partial charge is 0.497 e. The molecule has 2 heterocycles. The van der Waals surface area contributed by atoms with Gasteiger partial charge in [0.25, 0.3) is 0 Å². The molecule has 25 heavy (non-hydrogen) atoms. The minimum Gasteiger partial charge on any atom is -0.497 e. The number of ether oxygens (including phenoxy) is 4. The first-order valence-electron chi connectivity index (χ1n) is 8.19. The van der Waals surface area contributed by atoms with Crippen molar-refractivity contribution in [1.82, 2.24) is 0 Å². The summed E-state index contributed by atoms with van der Waals surface area (Å²) in [5.41, 5.74) is 3.31. The molecule has 0 aliphatic carbocycles. The second-order valence-electron chi connectivity index (χ2n) is 5.88. The molecule has 2 aromatic carbocycles. The van der Waals surface area contributed by atoms with Crippen molar-refractivity contribution < 1.29 is 23.7 Å². The summed E-state index contributed by atoms with van der Waals surface area (Å²) in [5, 5.41) is 0. The van der Waals surface area contributed by atoms with Gasteiger partial charge in [0, 0.05) is 0 Å². The van der Waals surface area contributed by atoms with Gasteiger partial charge in [0.05, 0.1) is 12.7 Å². The maximum Gasteiger partial charge on any atom is 0.339 e. The molecule has 2 aromatic rings. The van der Waals surface area contributed by atoms with E-state index < -0.39 is 0 Å². The normalized spacial score (nSPS) is 18.5. The van der Waals surface area contributed by atoms with Crippen LogP contribution in [0.4, 0.5) is 0 Å². The van der Waals surface area contributed by atoms with Crippen molar-refractivity contribution in [1.29, 1.82) is 0 Å². The SMILES string of the molecule is CCC1=C(c2ccc3c(c2)OCO3)C(=O)OC1c1ccc(OC)cc1. The number of carbonyl (C=O) groups is 1. The van der Waals surface area contributed by atoms with Crippen molar-refractivity contribution in [2.45, 2.75) is 19.4 Å². The van der Waals surface area contributed by atoms with Gasteiger partial charge in [-0.2, -0.15) is 0 Å². The van der Waals surface area contributed by atoms with Crippen molar-refractivity contribution >= 4 is 11.5 Å². The zero-order valence-electron chi connectivity index (χ0n) is 14.1. The molecule has 0 saturated carbocycles. The van der Waals surface area contributed by atoms with Gasteiger partial charge in [-0.3, -0.25) is 0 Å². The highest BCUT2D eigenvalue weighted by Crippen LogP contribution is 2.43. The van der Waals surface area contributed by atoms with Crippen LogP contribution in [0.2, 0.25) is 0 Å².